The molecule has 0 aromatic rings. The summed E-state index contributed by atoms with van der Waals surface area (Å²) in [6, 6.07) is 0. The van der Waals surface area contributed by atoms with Crippen LogP contribution in [0.5, 0.6) is 0 Å². The molecule has 0 aliphatic heterocycles. The molecule has 1 atom stereocenters. The van der Waals surface area contributed by atoms with Gasteiger partial charge in [0.25, 0.3) is 0 Å². The van der Waals surface area contributed by atoms with Gasteiger partial charge in [0.05, 0.1) is 0 Å². The van der Waals surface area contributed by atoms with E-state index in [1.807, 2.05) is 0 Å². The van der Waals surface area contributed by atoms with Crippen molar-refractivity contribution in [1.82, 2.24) is 0 Å². The summed E-state index contributed by atoms with van der Waals surface area (Å²) in [6.07, 6.45) is 73.7. The lowest BCUT2D eigenvalue weighted by Crippen LogP contribution is -2.30. The standard InChI is InChI=1S/C64H114O6/c1-4-7-10-13-16-19-22-24-26-28-30-31-32-34-35-37-39-42-45-48-51-54-57-63(66)69-60-61(59-68-62(65)56-53-50-47-44-41-21-18-15-12-9-6-3)70-64(67)58-55-52-49-46-43-40-38-36-33-29-27-25-23-20-17-14-11-8-5-2/h8,11,15,17-18,20,25,27,33,36,61H,4-7,9-10,12-14,16,19,21-24,26,28-32,34-35,37-60H2,1-3H3/b11-8-,18-15-,20-17-,27-25-,36-33-. The third-order valence-corrected chi connectivity index (χ3v) is 13.3. The molecule has 0 N–H and O–H groups in total. The van der Waals surface area contributed by atoms with Gasteiger partial charge in [0.15, 0.2) is 6.10 Å². The minimum Gasteiger partial charge on any atom is -0.462 e. The fourth-order valence-corrected chi connectivity index (χ4v) is 8.71. The molecule has 1 unspecified atom stereocenters. The first-order chi connectivity index (χ1) is 34.5. The van der Waals surface area contributed by atoms with E-state index in [1.165, 1.54) is 167 Å². The predicted octanol–water partition coefficient (Wildman–Crippen LogP) is 20.4. The summed E-state index contributed by atoms with van der Waals surface area (Å²) in [7, 11) is 0. The molecule has 0 aliphatic rings. The lowest BCUT2D eigenvalue weighted by molar-refractivity contribution is -0.167. The molecule has 0 aliphatic carbocycles. The Morgan fingerprint density at radius 3 is 0.929 bits per heavy atom. The van der Waals surface area contributed by atoms with E-state index in [9.17, 15) is 14.4 Å². The number of esters is 3. The van der Waals surface area contributed by atoms with E-state index in [2.05, 4.69) is 81.5 Å². The largest absolute Gasteiger partial charge is 0.462 e. The van der Waals surface area contributed by atoms with E-state index in [4.69, 9.17) is 14.2 Å². The van der Waals surface area contributed by atoms with Crippen molar-refractivity contribution in [2.45, 2.75) is 316 Å². The summed E-state index contributed by atoms with van der Waals surface area (Å²) in [6.45, 7) is 6.51. The van der Waals surface area contributed by atoms with Crippen LogP contribution in [0.15, 0.2) is 60.8 Å². The van der Waals surface area contributed by atoms with Gasteiger partial charge in [-0.2, -0.15) is 0 Å². The third-order valence-electron chi connectivity index (χ3n) is 13.3. The summed E-state index contributed by atoms with van der Waals surface area (Å²) in [5, 5.41) is 0. The van der Waals surface area contributed by atoms with E-state index >= 15 is 0 Å². The first-order valence-electron chi connectivity index (χ1n) is 30.3. The van der Waals surface area contributed by atoms with Gasteiger partial charge in [-0.15, -0.1) is 0 Å². The average molecular weight is 980 g/mol. The Morgan fingerprint density at radius 1 is 0.300 bits per heavy atom. The number of hydrogen-bond acceptors (Lipinski definition) is 6. The first-order valence-corrected chi connectivity index (χ1v) is 30.3. The zero-order valence-electron chi connectivity index (χ0n) is 46.5. The zero-order valence-corrected chi connectivity index (χ0v) is 46.5. The molecule has 6 heteroatoms. The number of rotatable bonds is 55. The van der Waals surface area contributed by atoms with E-state index in [1.54, 1.807) is 0 Å². The second-order valence-electron chi connectivity index (χ2n) is 20.2. The van der Waals surface area contributed by atoms with Gasteiger partial charge >= 0.3 is 17.9 Å². The van der Waals surface area contributed by atoms with Crippen LogP contribution in [0.25, 0.3) is 0 Å². The molecule has 0 saturated carbocycles. The monoisotopic (exact) mass is 979 g/mol. The van der Waals surface area contributed by atoms with Crippen molar-refractivity contribution in [1.29, 1.82) is 0 Å². The topological polar surface area (TPSA) is 78.9 Å². The van der Waals surface area contributed by atoms with Crippen molar-refractivity contribution in [3.8, 4) is 0 Å². The molecule has 406 valence electrons. The molecule has 0 aromatic heterocycles. The quantitative estimate of drug-likeness (QED) is 0.0261. The fourth-order valence-electron chi connectivity index (χ4n) is 8.71. The Balaban J connectivity index is 4.29. The van der Waals surface area contributed by atoms with E-state index in [0.29, 0.717) is 19.3 Å². The van der Waals surface area contributed by atoms with Crippen molar-refractivity contribution in [2.75, 3.05) is 13.2 Å². The van der Waals surface area contributed by atoms with Gasteiger partial charge in [0.1, 0.15) is 13.2 Å². The Bertz CT molecular complexity index is 1260. The number of carbonyl (C=O) groups is 3. The summed E-state index contributed by atoms with van der Waals surface area (Å²) < 4.78 is 16.9. The van der Waals surface area contributed by atoms with E-state index in [0.717, 1.165) is 103 Å². The van der Waals surface area contributed by atoms with Gasteiger partial charge in [0, 0.05) is 19.3 Å². The second-order valence-corrected chi connectivity index (χ2v) is 20.2. The molecule has 0 radical (unpaired) electrons. The van der Waals surface area contributed by atoms with Crippen molar-refractivity contribution in [3.05, 3.63) is 60.8 Å². The van der Waals surface area contributed by atoms with Gasteiger partial charge in [0.2, 0.25) is 0 Å². The van der Waals surface area contributed by atoms with Crippen LogP contribution in [0.1, 0.15) is 310 Å². The van der Waals surface area contributed by atoms with Gasteiger partial charge < -0.3 is 14.2 Å². The number of hydrogen-bond donors (Lipinski definition) is 0. The van der Waals surface area contributed by atoms with Crippen LogP contribution >= 0.6 is 0 Å². The Hall–Kier alpha value is -2.89. The number of ether oxygens (including phenoxy) is 3. The third kappa shape index (κ3) is 56.0. The Morgan fingerprint density at radius 2 is 0.571 bits per heavy atom. The summed E-state index contributed by atoms with van der Waals surface area (Å²) in [5.74, 6) is -0.891. The molecule has 0 fully saturated rings. The average Bonchev–Trinajstić information content (AvgIpc) is 3.36. The summed E-state index contributed by atoms with van der Waals surface area (Å²) in [5.41, 5.74) is 0. The van der Waals surface area contributed by atoms with Crippen molar-refractivity contribution in [2.24, 2.45) is 0 Å². The van der Waals surface area contributed by atoms with Gasteiger partial charge in [-0.05, 0) is 77.0 Å². The number of allylic oxidation sites excluding steroid dienone is 10. The van der Waals surface area contributed by atoms with Crippen LogP contribution in [0.2, 0.25) is 0 Å². The van der Waals surface area contributed by atoms with Crippen LogP contribution < -0.4 is 0 Å². The van der Waals surface area contributed by atoms with E-state index in [-0.39, 0.29) is 31.1 Å². The molecular weight excluding hydrogens is 865 g/mol. The first kappa shape index (κ1) is 67.1. The maximum atomic E-state index is 12.9. The van der Waals surface area contributed by atoms with Crippen LogP contribution in [0.4, 0.5) is 0 Å². The van der Waals surface area contributed by atoms with Crippen molar-refractivity contribution < 1.29 is 28.6 Å². The maximum absolute atomic E-state index is 12.9. The highest BCUT2D eigenvalue weighted by Gasteiger charge is 2.19. The fraction of sp³-hybridized carbons (Fsp3) is 0.797. The Labute approximate surface area is 434 Å². The van der Waals surface area contributed by atoms with Gasteiger partial charge in [-0.25, -0.2) is 0 Å². The molecular formula is C64H114O6. The lowest BCUT2D eigenvalue weighted by Gasteiger charge is -2.18. The molecule has 0 bridgehead atoms. The number of carbonyl (C=O) groups excluding carboxylic acids is 3. The minimum atomic E-state index is -0.784. The van der Waals surface area contributed by atoms with Crippen LogP contribution in [-0.4, -0.2) is 37.2 Å². The van der Waals surface area contributed by atoms with Crippen LogP contribution in [-0.2, 0) is 28.6 Å². The lowest BCUT2D eigenvalue weighted by atomic mass is 10.0. The molecule has 0 rings (SSSR count). The van der Waals surface area contributed by atoms with Gasteiger partial charge in [-0.3, -0.25) is 14.4 Å². The van der Waals surface area contributed by atoms with E-state index < -0.39 is 6.10 Å². The molecule has 0 heterocycles. The molecule has 0 saturated heterocycles. The molecule has 0 aromatic carbocycles. The smallest absolute Gasteiger partial charge is 0.306 e. The SMILES string of the molecule is CC/C=C\C/C=C\C/C=C\C/C=C\CCCCCCCCC(=O)OC(COC(=O)CCCCCCC/C=C\CCCC)COC(=O)CCCCCCCCCCCCCCCCCCCCCCCC. The highest BCUT2D eigenvalue weighted by molar-refractivity contribution is 5.71. The summed E-state index contributed by atoms with van der Waals surface area (Å²) in [4.78, 5) is 38.2. The highest BCUT2D eigenvalue weighted by Crippen LogP contribution is 2.17. The van der Waals surface area contributed by atoms with Crippen LogP contribution in [0.3, 0.4) is 0 Å². The normalized spacial score (nSPS) is 12.4. The zero-order chi connectivity index (χ0) is 50.7. The number of unbranched alkanes of at least 4 members (excludes halogenated alkanes) is 34. The van der Waals surface area contributed by atoms with Crippen molar-refractivity contribution >= 4 is 17.9 Å². The molecule has 0 spiro atoms. The van der Waals surface area contributed by atoms with Crippen molar-refractivity contribution in [3.63, 3.8) is 0 Å². The minimum absolute atomic E-state index is 0.0800. The van der Waals surface area contributed by atoms with Crippen LogP contribution in [0, 0.1) is 0 Å². The Kier molecular flexibility index (Phi) is 56.3. The molecule has 0 amide bonds. The molecule has 70 heavy (non-hydrogen) atoms. The summed E-state index contributed by atoms with van der Waals surface area (Å²) >= 11 is 0. The second kappa shape index (κ2) is 58.7. The highest BCUT2D eigenvalue weighted by atomic mass is 16.6. The maximum Gasteiger partial charge on any atom is 0.306 e. The predicted molar refractivity (Wildman–Crippen MR) is 302 cm³/mol. The van der Waals surface area contributed by atoms with Gasteiger partial charge in [-0.1, -0.05) is 274 Å². The molecule has 6 nitrogen and oxygen atoms in total.